The summed E-state index contributed by atoms with van der Waals surface area (Å²) in [6, 6.07) is -3.32. The largest absolute Gasteiger partial charge is 0.480 e. The minimum absolute atomic E-state index is 0.0541. The minimum Gasteiger partial charge on any atom is -0.480 e. The third-order valence-corrected chi connectivity index (χ3v) is 3.68. The zero-order valence-corrected chi connectivity index (χ0v) is 15.3. The number of nitrogens with one attached hydrogen (secondary N) is 2. The first-order valence-corrected chi connectivity index (χ1v) is 8.68. The highest BCUT2D eigenvalue weighted by Gasteiger charge is 2.27. The number of guanidine groups is 1. The fraction of sp³-hybridized carbons (Fsp3) is 0.733. The molecule has 2 amide bonds. The Labute approximate surface area is 157 Å². The molecule has 0 aliphatic heterocycles. The van der Waals surface area contributed by atoms with Gasteiger partial charge in [-0.2, -0.15) is 0 Å². The van der Waals surface area contributed by atoms with Gasteiger partial charge in [-0.25, -0.2) is 4.79 Å². The third kappa shape index (κ3) is 11.0. The van der Waals surface area contributed by atoms with Gasteiger partial charge in [0.05, 0.1) is 12.6 Å². The number of carboxylic acid groups (broad SMARTS) is 1. The number of hydrogen-bond donors (Lipinski definition) is 8. The van der Waals surface area contributed by atoms with Gasteiger partial charge in [0.1, 0.15) is 12.1 Å². The van der Waals surface area contributed by atoms with Crippen molar-refractivity contribution in [1.82, 2.24) is 10.6 Å². The molecular weight excluding hydrogens is 358 g/mol. The molecule has 156 valence electrons. The summed E-state index contributed by atoms with van der Waals surface area (Å²) in [5.74, 6) is -2.70. The van der Waals surface area contributed by atoms with E-state index in [2.05, 4.69) is 15.6 Å². The summed E-state index contributed by atoms with van der Waals surface area (Å²) in [4.78, 5) is 39.2. The highest BCUT2D eigenvalue weighted by Crippen LogP contribution is 2.04. The molecular formula is C15H31N7O5. The lowest BCUT2D eigenvalue weighted by Gasteiger charge is -2.22. The molecule has 0 saturated carbocycles. The smallest absolute Gasteiger partial charge is 0.328 e. The first-order valence-electron chi connectivity index (χ1n) is 8.68. The molecule has 0 bridgehead atoms. The van der Waals surface area contributed by atoms with Crippen molar-refractivity contribution in [3.8, 4) is 0 Å². The van der Waals surface area contributed by atoms with Crippen LogP contribution in [-0.4, -0.2) is 71.8 Å². The lowest BCUT2D eigenvalue weighted by molar-refractivity contribution is -0.143. The zero-order chi connectivity index (χ0) is 20.8. The van der Waals surface area contributed by atoms with E-state index in [0.29, 0.717) is 38.8 Å². The Morgan fingerprint density at radius 2 is 1.59 bits per heavy atom. The van der Waals surface area contributed by atoms with E-state index in [9.17, 15) is 14.4 Å². The van der Waals surface area contributed by atoms with E-state index < -0.39 is 42.5 Å². The summed E-state index contributed by atoms with van der Waals surface area (Å²) < 4.78 is 0. The molecule has 12 heteroatoms. The van der Waals surface area contributed by atoms with E-state index >= 15 is 0 Å². The molecule has 0 fully saturated rings. The number of rotatable bonds is 14. The topological polar surface area (TPSA) is 232 Å². The molecule has 0 aromatic rings. The van der Waals surface area contributed by atoms with Crippen LogP contribution >= 0.6 is 0 Å². The highest BCUT2D eigenvalue weighted by atomic mass is 16.4. The van der Waals surface area contributed by atoms with Crippen molar-refractivity contribution in [3.05, 3.63) is 0 Å². The van der Waals surface area contributed by atoms with Crippen molar-refractivity contribution in [1.29, 1.82) is 0 Å². The average Bonchev–Trinajstić information content (AvgIpc) is 2.61. The SMILES string of the molecule is NCCCCC(NC(=O)C(N)CCCN=C(N)N)C(=O)NC(CO)C(=O)O. The molecule has 3 atom stereocenters. The van der Waals surface area contributed by atoms with E-state index in [-0.39, 0.29) is 12.4 Å². The summed E-state index contributed by atoms with van der Waals surface area (Å²) >= 11 is 0. The highest BCUT2D eigenvalue weighted by molar-refractivity contribution is 5.91. The third-order valence-electron chi connectivity index (χ3n) is 3.68. The monoisotopic (exact) mass is 389 g/mol. The molecule has 12 nitrogen and oxygen atoms in total. The van der Waals surface area contributed by atoms with Crippen molar-refractivity contribution >= 4 is 23.7 Å². The fourth-order valence-electron chi connectivity index (χ4n) is 2.15. The molecule has 0 heterocycles. The predicted molar refractivity (Wildman–Crippen MR) is 99.4 cm³/mol. The number of hydrogen-bond acceptors (Lipinski definition) is 7. The molecule has 3 unspecified atom stereocenters. The van der Waals surface area contributed by atoms with Crippen molar-refractivity contribution in [2.24, 2.45) is 27.9 Å². The van der Waals surface area contributed by atoms with Crippen LogP contribution in [0.4, 0.5) is 0 Å². The second-order valence-corrected chi connectivity index (χ2v) is 5.98. The lowest BCUT2D eigenvalue weighted by atomic mass is 10.1. The minimum atomic E-state index is -1.46. The molecule has 0 radical (unpaired) electrons. The Hall–Kier alpha value is -2.44. The van der Waals surface area contributed by atoms with Crippen LogP contribution in [0.2, 0.25) is 0 Å². The zero-order valence-electron chi connectivity index (χ0n) is 15.3. The van der Waals surface area contributed by atoms with Crippen LogP contribution in [0.15, 0.2) is 4.99 Å². The summed E-state index contributed by atoms with van der Waals surface area (Å²) in [7, 11) is 0. The number of aliphatic hydroxyl groups excluding tert-OH is 1. The summed E-state index contributed by atoms with van der Waals surface area (Å²) in [6.07, 6.45) is 2.21. The number of nitrogens with two attached hydrogens (primary N) is 4. The number of unbranched alkanes of at least 4 members (excludes halogenated alkanes) is 1. The van der Waals surface area contributed by atoms with Gasteiger partial charge in [-0.1, -0.05) is 0 Å². The number of nitrogens with zero attached hydrogens (tertiary/aromatic N) is 1. The van der Waals surface area contributed by atoms with Crippen LogP contribution in [0.25, 0.3) is 0 Å². The quantitative estimate of drug-likeness (QED) is 0.0836. The van der Waals surface area contributed by atoms with E-state index in [1.807, 2.05) is 0 Å². The van der Waals surface area contributed by atoms with Gasteiger partial charge in [0.2, 0.25) is 11.8 Å². The van der Waals surface area contributed by atoms with E-state index in [0.717, 1.165) is 0 Å². The number of aliphatic imine (C=N–C) groups is 1. The molecule has 0 rings (SSSR count). The summed E-state index contributed by atoms with van der Waals surface area (Å²) in [5.41, 5.74) is 21.6. The van der Waals surface area contributed by atoms with Gasteiger partial charge in [-0.15, -0.1) is 0 Å². The van der Waals surface area contributed by atoms with Crippen molar-refractivity contribution in [2.45, 2.75) is 50.2 Å². The van der Waals surface area contributed by atoms with Gasteiger partial charge < -0.3 is 43.8 Å². The van der Waals surface area contributed by atoms with E-state index in [1.165, 1.54) is 0 Å². The van der Waals surface area contributed by atoms with E-state index in [1.54, 1.807) is 0 Å². The lowest BCUT2D eigenvalue weighted by Crippen LogP contribution is -2.55. The van der Waals surface area contributed by atoms with Gasteiger partial charge in [0.15, 0.2) is 5.96 Å². The van der Waals surface area contributed by atoms with E-state index in [4.69, 9.17) is 33.1 Å². The van der Waals surface area contributed by atoms with Gasteiger partial charge in [0.25, 0.3) is 0 Å². The van der Waals surface area contributed by atoms with Crippen LogP contribution in [0.3, 0.4) is 0 Å². The van der Waals surface area contributed by atoms with Crippen LogP contribution in [0.1, 0.15) is 32.1 Å². The Bertz CT molecular complexity index is 511. The molecule has 12 N–H and O–H groups in total. The molecule has 0 aromatic heterocycles. The maximum Gasteiger partial charge on any atom is 0.328 e. The molecule has 27 heavy (non-hydrogen) atoms. The Kier molecular flexibility index (Phi) is 12.5. The van der Waals surface area contributed by atoms with Crippen LogP contribution in [0, 0.1) is 0 Å². The van der Waals surface area contributed by atoms with Gasteiger partial charge >= 0.3 is 5.97 Å². The Morgan fingerprint density at radius 3 is 2.11 bits per heavy atom. The molecule has 0 saturated heterocycles. The molecule has 0 aliphatic carbocycles. The Balaban J connectivity index is 4.77. The number of aliphatic carboxylic acids is 1. The van der Waals surface area contributed by atoms with Crippen LogP contribution in [0.5, 0.6) is 0 Å². The summed E-state index contributed by atoms with van der Waals surface area (Å²) in [6.45, 7) is -0.0314. The van der Waals surface area contributed by atoms with Crippen molar-refractivity contribution in [3.63, 3.8) is 0 Å². The second kappa shape index (κ2) is 13.7. The normalized spacial score (nSPS) is 13.9. The number of amides is 2. The van der Waals surface area contributed by atoms with Gasteiger partial charge in [-0.3, -0.25) is 14.6 Å². The first-order chi connectivity index (χ1) is 12.7. The van der Waals surface area contributed by atoms with Crippen molar-refractivity contribution in [2.75, 3.05) is 19.7 Å². The van der Waals surface area contributed by atoms with Gasteiger partial charge in [0, 0.05) is 6.54 Å². The summed E-state index contributed by atoms with van der Waals surface area (Å²) in [5, 5.41) is 22.6. The molecule has 0 aromatic carbocycles. The fourth-order valence-corrected chi connectivity index (χ4v) is 2.15. The standard InChI is InChI=1S/C15H31N7O5/c16-6-2-1-5-10(13(25)22-11(8-23)14(26)27)21-12(24)9(17)4-3-7-20-15(18)19/h9-11,23H,1-8,16-17H2,(H,21,24)(H,22,25)(H,26,27)(H4,18,19,20). The molecule has 0 spiro atoms. The first kappa shape index (κ1) is 24.6. The maximum absolute atomic E-state index is 12.3. The number of aliphatic hydroxyl groups is 1. The van der Waals surface area contributed by atoms with Crippen LogP contribution in [-0.2, 0) is 14.4 Å². The maximum atomic E-state index is 12.3. The number of carbonyl (C=O) groups is 3. The number of carbonyl (C=O) groups excluding carboxylic acids is 2. The number of carboxylic acids is 1. The molecule has 0 aliphatic rings. The second-order valence-electron chi connectivity index (χ2n) is 5.98. The van der Waals surface area contributed by atoms with Crippen molar-refractivity contribution < 1.29 is 24.6 Å². The Morgan fingerprint density at radius 1 is 0.963 bits per heavy atom. The van der Waals surface area contributed by atoms with Crippen LogP contribution < -0.4 is 33.6 Å². The van der Waals surface area contributed by atoms with Gasteiger partial charge in [-0.05, 0) is 38.6 Å². The predicted octanol–water partition coefficient (Wildman–Crippen LogP) is -3.46. The average molecular weight is 389 g/mol.